The second kappa shape index (κ2) is 13.2. The molecular weight excluding hydrogens is 696 g/mol. The van der Waals surface area contributed by atoms with E-state index in [0.29, 0.717) is 50.9 Å². The first-order valence-corrected chi connectivity index (χ1v) is 17.6. The molecule has 0 saturated carbocycles. The van der Waals surface area contributed by atoms with Crippen LogP contribution >= 0.6 is 11.6 Å². The summed E-state index contributed by atoms with van der Waals surface area (Å²) in [5.41, 5.74) is 12.9. The molecule has 0 amide bonds. The summed E-state index contributed by atoms with van der Waals surface area (Å²) in [7, 11) is 0. The summed E-state index contributed by atoms with van der Waals surface area (Å²) < 4.78 is 5.91. The average molecular weight is 725 g/mol. The Balaban J connectivity index is 1.06. The predicted octanol–water partition coefficient (Wildman–Crippen LogP) is 9.29. The van der Waals surface area contributed by atoms with E-state index in [9.17, 15) is 14.4 Å². The molecule has 9 aromatic rings. The Bertz CT molecular complexity index is 2970. The topological polar surface area (TPSA) is 103 Å². The highest BCUT2D eigenvalue weighted by Crippen LogP contribution is 2.32. The van der Waals surface area contributed by atoms with Crippen molar-refractivity contribution in [3.05, 3.63) is 167 Å². The standard InChI is InChI=1S/C44H29ClN6O3/c1-27-16-29(10-13-46-27)42-31(24-52)19-36-9-8-30(23-51(36)42)39-5-3-7-41(48-39)44-32(25-53)20-37-18-28(11-14-49(37)44)17-35-4-2-6-40(47-35)43-33(26-54)21-38-22-34(45)12-15-50(38)43/h2-16,18-26H,17H2,1H3. The molecule has 0 atom stereocenters. The zero-order valence-corrected chi connectivity index (χ0v) is 29.6. The van der Waals surface area contributed by atoms with Crippen LogP contribution in [0.3, 0.4) is 0 Å². The van der Waals surface area contributed by atoms with E-state index in [1.54, 1.807) is 12.3 Å². The van der Waals surface area contributed by atoms with Gasteiger partial charge < -0.3 is 13.2 Å². The van der Waals surface area contributed by atoms with Gasteiger partial charge in [-0.05, 0) is 103 Å². The normalized spacial score (nSPS) is 11.4. The van der Waals surface area contributed by atoms with Gasteiger partial charge in [0, 0.05) is 92.0 Å². The maximum atomic E-state index is 12.5. The van der Waals surface area contributed by atoms with Crippen molar-refractivity contribution in [2.24, 2.45) is 0 Å². The van der Waals surface area contributed by atoms with Crippen LogP contribution in [0.2, 0.25) is 5.02 Å². The summed E-state index contributed by atoms with van der Waals surface area (Å²) in [5, 5.41) is 0.589. The molecule has 0 fully saturated rings. The Hall–Kier alpha value is -6.97. The van der Waals surface area contributed by atoms with Gasteiger partial charge in [-0.2, -0.15) is 0 Å². The Morgan fingerprint density at radius 3 is 1.98 bits per heavy atom. The van der Waals surface area contributed by atoms with Gasteiger partial charge in [0.25, 0.3) is 0 Å². The number of nitrogens with zero attached hydrogens (tertiary/aromatic N) is 6. The largest absolute Gasteiger partial charge is 0.315 e. The number of hydrogen-bond acceptors (Lipinski definition) is 6. The first-order chi connectivity index (χ1) is 26.4. The number of carbonyl (C=O) groups is 3. The monoisotopic (exact) mass is 724 g/mol. The van der Waals surface area contributed by atoms with Gasteiger partial charge >= 0.3 is 0 Å². The Morgan fingerprint density at radius 2 is 1.24 bits per heavy atom. The van der Waals surface area contributed by atoms with Crippen molar-refractivity contribution >= 4 is 47.0 Å². The number of aldehydes is 3. The van der Waals surface area contributed by atoms with E-state index in [2.05, 4.69) is 4.98 Å². The van der Waals surface area contributed by atoms with E-state index in [4.69, 9.17) is 21.6 Å². The molecule has 10 heteroatoms. The van der Waals surface area contributed by atoms with Gasteiger partial charge in [-0.3, -0.25) is 24.4 Å². The highest BCUT2D eigenvalue weighted by molar-refractivity contribution is 6.30. The maximum Gasteiger partial charge on any atom is 0.152 e. The summed E-state index contributed by atoms with van der Waals surface area (Å²) in [5.74, 6) is 0. The van der Waals surface area contributed by atoms with Crippen molar-refractivity contribution in [2.75, 3.05) is 0 Å². The zero-order valence-electron chi connectivity index (χ0n) is 28.8. The number of rotatable bonds is 9. The summed E-state index contributed by atoms with van der Waals surface area (Å²) in [6, 6.07) is 32.6. The van der Waals surface area contributed by atoms with Gasteiger partial charge in [-0.1, -0.05) is 23.7 Å². The quantitative estimate of drug-likeness (QED) is 0.138. The SMILES string of the molecule is Cc1cc(-c2c(C=O)cc3ccc(-c4cccc(-c5c(C=O)cc6cc(Cc7cccc(-c8c(C=O)cc9cc(Cl)ccn89)n7)ccn56)n4)cn23)ccn1. The molecule has 0 unspecified atom stereocenters. The molecule has 0 radical (unpaired) electrons. The smallest absolute Gasteiger partial charge is 0.152 e. The van der Waals surface area contributed by atoms with Crippen LogP contribution in [0.15, 0.2) is 128 Å². The lowest BCUT2D eigenvalue weighted by Crippen LogP contribution is -1.99. The fourth-order valence-corrected chi connectivity index (χ4v) is 7.49. The van der Waals surface area contributed by atoms with Crippen molar-refractivity contribution < 1.29 is 14.4 Å². The number of fused-ring (bicyclic) bond motifs is 3. The van der Waals surface area contributed by atoms with Crippen LogP contribution in [0.4, 0.5) is 0 Å². The third-order valence-corrected chi connectivity index (χ3v) is 9.94. The highest BCUT2D eigenvalue weighted by Gasteiger charge is 2.18. The molecule has 260 valence electrons. The predicted molar refractivity (Wildman–Crippen MR) is 210 cm³/mol. The van der Waals surface area contributed by atoms with Gasteiger partial charge in [0.05, 0.1) is 34.2 Å². The Labute approximate surface area is 313 Å². The van der Waals surface area contributed by atoms with Crippen LogP contribution in [0.1, 0.15) is 48.0 Å². The van der Waals surface area contributed by atoms with Gasteiger partial charge in [0.1, 0.15) is 0 Å². The number of pyridine rings is 6. The van der Waals surface area contributed by atoms with Crippen LogP contribution in [-0.4, -0.2) is 47.0 Å². The second-order valence-electron chi connectivity index (χ2n) is 13.2. The Morgan fingerprint density at radius 1 is 0.593 bits per heavy atom. The number of hydrogen-bond donors (Lipinski definition) is 0. The van der Waals surface area contributed by atoms with Crippen LogP contribution < -0.4 is 0 Å². The van der Waals surface area contributed by atoms with E-state index < -0.39 is 0 Å². The fraction of sp³-hybridized carbons (Fsp3) is 0.0455. The Kier molecular flexibility index (Phi) is 8.05. The van der Waals surface area contributed by atoms with Gasteiger partial charge in [-0.25, -0.2) is 4.98 Å². The fourth-order valence-electron chi connectivity index (χ4n) is 7.33. The highest BCUT2D eigenvalue weighted by atomic mass is 35.5. The first kappa shape index (κ1) is 32.9. The third-order valence-electron chi connectivity index (χ3n) is 9.70. The minimum atomic E-state index is 0.519. The molecule has 0 bridgehead atoms. The molecular formula is C44H29ClN6O3. The molecule has 54 heavy (non-hydrogen) atoms. The van der Waals surface area contributed by atoms with Crippen molar-refractivity contribution in [1.82, 2.24) is 28.2 Å². The lowest BCUT2D eigenvalue weighted by molar-refractivity contribution is 0.111. The molecule has 9 heterocycles. The molecule has 0 aliphatic carbocycles. The summed E-state index contributed by atoms with van der Waals surface area (Å²) in [6.45, 7) is 1.92. The molecule has 0 aliphatic rings. The first-order valence-electron chi connectivity index (χ1n) is 17.2. The van der Waals surface area contributed by atoms with Crippen molar-refractivity contribution in [2.45, 2.75) is 13.3 Å². The van der Waals surface area contributed by atoms with Gasteiger partial charge in [0.15, 0.2) is 18.9 Å². The maximum absolute atomic E-state index is 12.5. The van der Waals surface area contributed by atoms with Crippen LogP contribution in [0.5, 0.6) is 0 Å². The lowest BCUT2D eigenvalue weighted by atomic mass is 10.1. The molecule has 0 N–H and O–H groups in total. The number of halogens is 1. The van der Waals surface area contributed by atoms with Crippen LogP contribution in [0, 0.1) is 6.92 Å². The van der Waals surface area contributed by atoms with E-state index in [0.717, 1.165) is 74.9 Å². The molecule has 0 aliphatic heterocycles. The zero-order chi connectivity index (χ0) is 36.9. The minimum absolute atomic E-state index is 0.519. The van der Waals surface area contributed by atoms with E-state index in [1.807, 2.05) is 136 Å². The minimum Gasteiger partial charge on any atom is -0.315 e. The van der Waals surface area contributed by atoms with Crippen molar-refractivity contribution in [3.63, 3.8) is 0 Å². The number of aromatic nitrogens is 6. The lowest BCUT2D eigenvalue weighted by Gasteiger charge is -2.10. The van der Waals surface area contributed by atoms with E-state index in [1.165, 1.54) is 0 Å². The molecule has 0 aromatic carbocycles. The van der Waals surface area contributed by atoms with Gasteiger partial charge in [0.2, 0.25) is 0 Å². The third kappa shape index (κ3) is 5.67. The summed E-state index contributed by atoms with van der Waals surface area (Å²) in [4.78, 5) is 50.9. The molecule has 9 rings (SSSR count). The van der Waals surface area contributed by atoms with E-state index >= 15 is 0 Å². The number of aryl methyl sites for hydroxylation is 1. The molecule has 0 spiro atoms. The van der Waals surface area contributed by atoms with Gasteiger partial charge in [-0.15, -0.1) is 0 Å². The molecule has 9 nitrogen and oxygen atoms in total. The molecule has 9 aromatic heterocycles. The summed E-state index contributed by atoms with van der Waals surface area (Å²) in [6.07, 6.45) is 10.6. The van der Waals surface area contributed by atoms with Crippen LogP contribution in [-0.2, 0) is 6.42 Å². The number of carbonyl (C=O) groups excluding carboxylic acids is 3. The average Bonchev–Trinajstić information content (AvgIpc) is 3.88. The van der Waals surface area contributed by atoms with Crippen molar-refractivity contribution in [1.29, 1.82) is 0 Å². The summed E-state index contributed by atoms with van der Waals surface area (Å²) >= 11 is 6.21. The second-order valence-corrected chi connectivity index (χ2v) is 13.6. The van der Waals surface area contributed by atoms with Crippen LogP contribution in [0.25, 0.3) is 61.8 Å². The van der Waals surface area contributed by atoms with Crippen molar-refractivity contribution in [3.8, 4) is 45.3 Å². The van der Waals surface area contributed by atoms with E-state index in [-0.39, 0.29) is 0 Å². The molecule has 0 saturated heterocycles.